The third kappa shape index (κ3) is 9.33. The van der Waals surface area contributed by atoms with Gasteiger partial charge in [0.15, 0.2) is 0 Å². The van der Waals surface area contributed by atoms with E-state index in [1.54, 1.807) is 39.8 Å². The van der Waals surface area contributed by atoms with Gasteiger partial charge in [-0.15, -0.1) is 20.4 Å². The van der Waals surface area contributed by atoms with Gasteiger partial charge in [0.05, 0.1) is 59.8 Å². The summed E-state index contributed by atoms with van der Waals surface area (Å²) in [7, 11) is 0. The summed E-state index contributed by atoms with van der Waals surface area (Å²) >= 11 is 0. The molecule has 0 saturated carbocycles. The first kappa shape index (κ1) is 40.1. The monoisotopic (exact) mass is 766 g/mol. The van der Waals surface area contributed by atoms with Crippen LogP contribution in [0.4, 0.5) is 0 Å². The van der Waals surface area contributed by atoms with Gasteiger partial charge >= 0.3 is 23.9 Å². The Morgan fingerprint density at radius 2 is 0.804 bits per heavy atom. The number of hydrogen-bond acceptors (Lipinski definition) is 16. The topological polar surface area (TPSA) is 201 Å². The molecule has 16 heteroatoms. The van der Waals surface area contributed by atoms with Crippen LogP contribution < -0.4 is 9.47 Å². The largest absolute Gasteiger partial charge is 0.489 e. The molecule has 2 aromatic heterocycles. The molecule has 2 heterocycles. The van der Waals surface area contributed by atoms with Crippen LogP contribution >= 0.6 is 0 Å². The minimum Gasteiger partial charge on any atom is -0.489 e. The number of carbonyl (C=O) groups is 4. The summed E-state index contributed by atoms with van der Waals surface area (Å²) in [4.78, 5) is 50.7. The lowest BCUT2D eigenvalue weighted by Gasteiger charge is -2.14. The highest BCUT2D eigenvalue weighted by atomic mass is 16.5. The first-order valence-corrected chi connectivity index (χ1v) is 17.5. The average Bonchev–Trinajstić information content (AvgIpc) is 3.91. The van der Waals surface area contributed by atoms with E-state index in [9.17, 15) is 19.2 Å². The van der Waals surface area contributed by atoms with E-state index in [1.165, 1.54) is 48.6 Å². The number of benzene rings is 3. The molecule has 290 valence electrons. The zero-order chi connectivity index (χ0) is 40.2. The number of aromatic nitrogens is 4. The molecule has 0 N–H and O–H groups in total. The number of nitrogens with zero attached hydrogens (tertiary/aromatic N) is 4. The van der Waals surface area contributed by atoms with Gasteiger partial charge in [-0.25, -0.2) is 19.2 Å². The molecule has 56 heavy (non-hydrogen) atoms. The van der Waals surface area contributed by atoms with Crippen molar-refractivity contribution in [3.8, 4) is 57.3 Å². The second-order valence-corrected chi connectivity index (χ2v) is 11.3. The zero-order valence-electron chi connectivity index (χ0n) is 31.1. The number of hydrogen-bond donors (Lipinski definition) is 0. The lowest BCUT2D eigenvalue weighted by atomic mass is 10.1. The van der Waals surface area contributed by atoms with Gasteiger partial charge in [0.1, 0.15) is 24.7 Å². The standard InChI is InChI=1S/C40H38N4O12/c1-7-13-53-31-21-30(36-44-42-34(56-36)24-17-27(39(47)51-11-5)20-28(18-24)40(48)52-12-6)32(54-14-8-2)22-29(31)35-43-41-33(55-35)23-15-25(37(45)49-9-3)19-26(16-23)38(46)50-10-4/h7-8,15-22H,1-2,9-14H2,3-6H3. The Labute approximate surface area is 321 Å². The Morgan fingerprint density at radius 1 is 0.500 bits per heavy atom. The number of carbonyl (C=O) groups excluding carboxylic acids is 4. The molecule has 5 aromatic rings. The Morgan fingerprint density at radius 3 is 1.09 bits per heavy atom. The summed E-state index contributed by atoms with van der Waals surface area (Å²) in [6, 6.07) is 11.7. The average molecular weight is 767 g/mol. The Balaban J connectivity index is 1.60. The van der Waals surface area contributed by atoms with E-state index < -0.39 is 23.9 Å². The van der Waals surface area contributed by atoms with Crippen molar-refractivity contribution in [3.63, 3.8) is 0 Å². The number of ether oxygens (including phenoxy) is 6. The Hall–Kier alpha value is -7.10. The van der Waals surface area contributed by atoms with Crippen LogP contribution in [-0.4, -0.2) is 83.9 Å². The summed E-state index contributed by atoms with van der Waals surface area (Å²) in [5.41, 5.74) is 1.41. The lowest BCUT2D eigenvalue weighted by Crippen LogP contribution is -2.09. The molecule has 0 amide bonds. The third-order valence-corrected chi connectivity index (χ3v) is 7.51. The SMILES string of the molecule is C=CCOc1cc(-c2nnc(-c3cc(C(=O)OCC)cc(C(=O)OCC)c3)o2)c(OCC=C)cc1-c1nnc(-c2cc(C(=O)OCC)cc(C(=O)OCC)c2)o1. The summed E-state index contributed by atoms with van der Waals surface area (Å²) in [5.74, 6) is -2.27. The number of rotatable bonds is 18. The van der Waals surface area contributed by atoms with E-state index in [4.69, 9.17) is 37.3 Å². The predicted octanol–water partition coefficient (Wildman–Crippen LogP) is 6.96. The lowest BCUT2D eigenvalue weighted by molar-refractivity contribution is 0.0506. The van der Waals surface area contributed by atoms with Crippen LogP contribution in [-0.2, 0) is 18.9 Å². The highest BCUT2D eigenvalue weighted by Crippen LogP contribution is 2.42. The van der Waals surface area contributed by atoms with Gasteiger partial charge in [-0.05, 0) is 76.2 Å². The molecule has 0 spiro atoms. The molecule has 16 nitrogen and oxygen atoms in total. The highest BCUT2D eigenvalue weighted by molar-refractivity contribution is 5.98. The van der Waals surface area contributed by atoms with Crippen molar-refractivity contribution in [2.24, 2.45) is 0 Å². The van der Waals surface area contributed by atoms with Gasteiger partial charge < -0.3 is 37.3 Å². The van der Waals surface area contributed by atoms with E-state index in [1.807, 2.05) is 0 Å². The molecule has 0 atom stereocenters. The first-order valence-electron chi connectivity index (χ1n) is 17.5. The second-order valence-electron chi connectivity index (χ2n) is 11.3. The quantitative estimate of drug-likeness (QED) is 0.0503. The van der Waals surface area contributed by atoms with Gasteiger partial charge in [0, 0.05) is 11.1 Å². The molecular weight excluding hydrogens is 728 g/mol. The maximum absolute atomic E-state index is 12.7. The van der Waals surface area contributed by atoms with Gasteiger partial charge in [-0.2, -0.15) is 0 Å². The molecule has 0 saturated heterocycles. The van der Waals surface area contributed by atoms with E-state index in [2.05, 4.69) is 33.6 Å². The Bertz CT molecular complexity index is 2030. The predicted molar refractivity (Wildman–Crippen MR) is 199 cm³/mol. The van der Waals surface area contributed by atoms with Crippen LogP contribution in [0.15, 0.2) is 82.7 Å². The van der Waals surface area contributed by atoms with Gasteiger partial charge in [0.2, 0.25) is 11.8 Å². The maximum Gasteiger partial charge on any atom is 0.338 e. The molecule has 0 fully saturated rings. The first-order chi connectivity index (χ1) is 27.1. The summed E-state index contributed by atoms with van der Waals surface area (Å²) < 4.78 is 44.8. The van der Waals surface area contributed by atoms with Crippen molar-refractivity contribution in [3.05, 3.63) is 96.1 Å². The molecule has 0 aliphatic heterocycles. The zero-order valence-corrected chi connectivity index (χ0v) is 31.1. The normalized spacial score (nSPS) is 10.6. The third-order valence-electron chi connectivity index (χ3n) is 7.51. The second kappa shape index (κ2) is 18.8. The molecule has 0 radical (unpaired) electrons. The minimum atomic E-state index is -0.658. The highest BCUT2D eigenvalue weighted by Gasteiger charge is 2.25. The summed E-state index contributed by atoms with van der Waals surface area (Å²) in [6.07, 6.45) is 3.07. The Kier molecular flexibility index (Phi) is 13.4. The van der Waals surface area contributed by atoms with Crippen molar-refractivity contribution in [2.45, 2.75) is 27.7 Å². The molecular formula is C40H38N4O12. The van der Waals surface area contributed by atoms with E-state index in [0.29, 0.717) is 11.1 Å². The van der Waals surface area contributed by atoms with Gasteiger partial charge in [0.25, 0.3) is 11.8 Å². The fraction of sp³-hybridized carbons (Fsp3) is 0.250. The molecule has 0 aliphatic rings. The van der Waals surface area contributed by atoms with Crippen LogP contribution in [0.2, 0.25) is 0 Å². The maximum atomic E-state index is 12.7. The van der Waals surface area contributed by atoms with Crippen LogP contribution in [0, 0.1) is 0 Å². The molecule has 5 rings (SSSR count). The van der Waals surface area contributed by atoms with Crippen molar-refractivity contribution in [2.75, 3.05) is 39.6 Å². The number of esters is 4. The molecule has 0 bridgehead atoms. The van der Waals surface area contributed by atoms with Crippen LogP contribution in [0.25, 0.3) is 45.8 Å². The van der Waals surface area contributed by atoms with Crippen molar-refractivity contribution >= 4 is 23.9 Å². The van der Waals surface area contributed by atoms with Crippen LogP contribution in [0.5, 0.6) is 11.5 Å². The minimum absolute atomic E-state index is 0.0122. The van der Waals surface area contributed by atoms with Crippen molar-refractivity contribution < 1.29 is 56.4 Å². The van der Waals surface area contributed by atoms with Crippen molar-refractivity contribution in [1.82, 2.24) is 20.4 Å². The van der Waals surface area contributed by atoms with E-state index >= 15 is 0 Å². The van der Waals surface area contributed by atoms with E-state index in [-0.39, 0.29) is 108 Å². The molecule has 0 aliphatic carbocycles. The fourth-order valence-corrected chi connectivity index (χ4v) is 5.16. The van der Waals surface area contributed by atoms with E-state index in [0.717, 1.165) is 0 Å². The fourth-order valence-electron chi connectivity index (χ4n) is 5.16. The molecule has 3 aromatic carbocycles. The molecule has 0 unspecified atom stereocenters. The summed E-state index contributed by atoms with van der Waals surface area (Å²) in [6.45, 7) is 14.7. The van der Waals surface area contributed by atoms with Crippen LogP contribution in [0.3, 0.4) is 0 Å². The van der Waals surface area contributed by atoms with Gasteiger partial charge in [-0.1, -0.05) is 25.3 Å². The van der Waals surface area contributed by atoms with Gasteiger partial charge in [-0.3, -0.25) is 0 Å². The van der Waals surface area contributed by atoms with Crippen LogP contribution in [0.1, 0.15) is 69.1 Å². The smallest absolute Gasteiger partial charge is 0.338 e. The van der Waals surface area contributed by atoms with Crippen molar-refractivity contribution in [1.29, 1.82) is 0 Å². The summed E-state index contributed by atoms with van der Waals surface area (Å²) in [5, 5.41) is 16.8.